The average molecular weight is 493 g/mol. The lowest BCUT2D eigenvalue weighted by Crippen LogP contribution is -2.41. The molecule has 0 bridgehead atoms. The number of sulfonamides is 1. The van der Waals surface area contributed by atoms with Gasteiger partial charge in [-0.25, -0.2) is 17.5 Å². The van der Waals surface area contributed by atoms with Gasteiger partial charge < -0.3 is 5.32 Å². The number of amides is 1. The van der Waals surface area contributed by atoms with Crippen LogP contribution in [-0.4, -0.2) is 20.4 Å². The molecule has 2 N–H and O–H groups in total. The Hall–Kier alpha value is -3.03. The van der Waals surface area contributed by atoms with Crippen molar-refractivity contribution in [2.24, 2.45) is 5.92 Å². The van der Waals surface area contributed by atoms with E-state index in [0.717, 1.165) is 23.1 Å². The molecule has 0 unspecified atom stereocenters. The van der Waals surface area contributed by atoms with Crippen molar-refractivity contribution < 1.29 is 17.6 Å². The number of carbonyl (C=O) groups is 1. The molecule has 0 aliphatic heterocycles. The SMILES string of the molecule is C[C@@H](NC(=O)C1CCC(NS(=O)(=O)c2ccc3c(c2)Cc2ccccc2-3)CC1)c1ccc(F)cc1. The average Bonchev–Trinajstić information content (AvgIpc) is 3.22. The molecule has 1 atom stereocenters. The Morgan fingerprint density at radius 2 is 1.60 bits per heavy atom. The fourth-order valence-corrected chi connectivity index (χ4v) is 6.57. The highest BCUT2D eigenvalue weighted by Crippen LogP contribution is 2.37. The molecular formula is C28H29FN2O3S. The Balaban J connectivity index is 1.17. The Morgan fingerprint density at radius 1 is 0.914 bits per heavy atom. The van der Waals surface area contributed by atoms with Gasteiger partial charge in [0.05, 0.1) is 10.9 Å². The fraction of sp³-hybridized carbons (Fsp3) is 0.321. The second-order valence-corrected chi connectivity index (χ2v) is 11.3. The first-order chi connectivity index (χ1) is 16.8. The lowest BCUT2D eigenvalue weighted by atomic mass is 9.85. The number of fused-ring (bicyclic) bond motifs is 3. The number of hydrogen-bond donors (Lipinski definition) is 2. The molecule has 0 radical (unpaired) electrons. The molecule has 1 amide bonds. The van der Waals surface area contributed by atoms with Crippen molar-refractivity contribution in [2.45, 2.75) is 56.0 Å². The molecule has 3 aromatic carbocycles. The van der Waals surface area contributed by atoms with Gasteiger partial charge in [0.1, 0.15) is 5.82 Å². The molecule has 2 aliphatic carbocycles. The van der Waals surface area contributed by atoms with E-state index in [1.54, 1.807) is 24.3 Å². The second kappa shape index (κ2) is 9.55. The summed E-state index contributed by atoms with van der Waals surface area (Å²) >= 11 is 0. The van der Waals surface area contributed by atoms with Gasteiger partial charge >= 0.3 is 0 Å². The monoisotopic (exact) mass is 492 g/mol. The summed E-state index contributed by atoms with van der Waals surface area (Å²) in [4.78, 5) is 13.0. The van der Waals surface area contributed by atoms with E-state index in [4.69, 9.17) is 0 Å². The van der Waals surface area contributed by atoms with Crippen LogP contribution in [0.4, 0.5) is 4.39 Å². The van der Waals surface area contributed by atoms with Gasteiger partial charge in [0.25, 0.3) is 0 Å². The van der Waals surface area contributed by atoms with Gasteiger partial charge in [0.2, 0.25) is 15.9 Å². The molecule has 0 aromatic heterocycles. The first kappa shape index (κ1) is 23.7. The molecule has 1 saturated carbocycles. The molecule has 7 heteroatoms. The minimum atomic E-state index is -3.65. The quantitative estimate of drug-likeness (QED) is 0.393. The molecule has 0 heterocycles. The summed E-state index contributed by atoms with van der Waals surface area (Å²) in [6.45, 7) is 1.88. The zero-order valence-electron chi connectivity index (χ0n) is 19.6. The standard InChI is InChI=1S/C28H29FN2O3S/c1-18(19-6-10-23(29)11-7-19)30-28(32)20-8-12-24(13-9-20)31-35(33,34)25-14-15-27-22(17-25)16-21-4-2-3-5-26(21)27/h2-7,10-11,14-15,17-18,20,24,31H,8-9,12-13,16H2,1H3,(H,30,32)/t18-,20?,24?/m1/s1. The van der Waals surface area contributed by atoms with E-state index < -0.39 is 10.0 Å². The van der Waals surface area contributed by atoms with Crippen molar-refractivity contribution in [3.8, 4) is 11.1 Å². The molecule has 1 fully saturated rings. The summed E-state index contributed by atoms with van der Waals surface area (Å²) in [6, 6.07) is 19.2. The zero-order chi connectivity index (χ0) is 24.6. The van der Waals surface area contributed by atoms with Crippen molar-refractivity contribution in [1.29, 1.82) is 0 Å². The number of benzene rings is 3. The predicted molar refractivity (Wildman–Crippen MR) is 134 cm³/mol. The molecule has 0 saturated heterocycles. The van der Waals surface area contributed by atoms with Crippen molar-refractivity contribution in [1.82, 2.24) is 10.0 Å². The summed E-state index contributed by atoms with van der Waals surface area (Å²) in [7, 11) is -3.65. The summed E-state index contributed by atoms with van der Waals surface area (Å²) < 4.78 is 42.2. The summed E-state index contributed by atoms with van der Waals surface area (Å²) in [6.07, 6.45) is 3.20. The van der Waals surface area contributed by atoms with Crippen LogP contribution in [0.2, 0.25) is 0 Å². The Morgan fingerprint density at radius 3 is 2.34 bits per heavy atom. The number of rotatable bonds is 6. The van der Waals surface area contributed by atoms with E-state index in [2.05, 4.69) is 22.2 Å². The number of halogens is 1. The third kappa shape index (κ3) is 5.02. The highest BCUT2D eigenvalue weighted by atomic mass is 32.2. The first-order valence-electron chi connectivity index (χ1n) is 12.1. The first-order valence-corrected chi connectivity index (χ1v) is 13.6. The second-order valence-electron chi connectivity index (χ2n) is 9.60. The Labute approximate surface area is 205 Å². The van der Waals surface area contributed by atoms with E-state index in [1.807, 2.05) is 25.1 Å². The normalized spacial score (nSPS) is 20.1. The van der Waals surface area contributed by atoms with E-state index in [-0.39, 0.29) is 34.6 Å². The minimum Gasteiger partial charge on any atom is -0.349 e. The van der Waals surface area contributed by atoms with Crippen LogP contribution in [0.5, 0.6) is 0 Å². The largest absolute Gasteiger partial charge is 0.349 e. The van der Waals surface area contributed by atoms with Crippen LogP contribution in [0.3, 0.4) is 0 Å². The van der Waals surface area contributed by atoms with Crippen LogP contribution in [0.15, 0.2) is 71.6 Å². The highest BCUT2D eigenvalue weighted by molar-refractivity contribution is 7.89. The number of carbonyl (C=O) groups excluding carboxylic acids is 1. The van der Waals surface area contributed by atoms with Crippen LogP contribution in [0.1, 0.15) is 55.3 Å². The highest BCUT2D eigenvalue weighted by Gasteiger charge is 2.30. The lowest BCUT2D eigenvalue weighted by Gasteiger charge is -2.29. The van der Waals surface area contributed by atoms with Gasteiger partial charge in [-0.1, -0.05) is 42.5 Å². The van der Waals surface area contributed by atoms with Crippen molar-refractivity contribution in [3.05, 3.63) is 89.2 Å². The maximum Gasteiger partial charge on any atom is 0.240 e. The molecule has 3 aromatic rings. The summed E-state index contributed by atoms with van der Waals surface area (Å²) in [5.74, 6) is -0.503. The number of hydrogen-bond acceptors (Lipinski definition) is 3. The third-order valence-electron chi connectivity index (χ3n) is 7.22. The Kier molecular flexibility index (Phi) is 6.47. The fourth-order valence-electron chi connectivity index (χ4n) is 5.22. The topological polar surface area (TPSA) is 75.3 Å². The van der Waals surface area contributed by atoms with Crippen LogP contribution in [0, 0.1) is 11.7 Å². The van der Waals surface area contributed by atoms with Crippen LogP contribution in [0.25, 0.3) is 11.1 Å². The third-order valence-corrected chi connectivity index (χ3v) is 8.74. The molecule has 182 valence electrons. The predicted octanol–water partition coefficient (Wildman–Crippen LogP) is 5.11. The van der Waals surface area contributed by atoms with Crippen molar-refractivity contribution >= 4 is 15.9 Å². The van der Waals surface area contributed by atoms with Gasteiger partial charge in [-0.05, 0) is 91.1 Å². The van der Waals surface area contributed by atoms with Crippen molar-refractivity contribution in [2.75, 3.05) is 0 Å². The molecule has 0 spiro atoms. The molecular weight excluding hydrogens is 463 g/mol. The smallest absolute Gasteiger partial charge is 0.240 e. The summed E-state index contributed by atoms with van der Waals surface area (Å²) in [5.41, 5.74) is 5.37. The van der Waals surface area contributed by atoms with Crippen LogP contribution in [-0.2, 0) is 21.2 Å². The zero-order valence-corrected chi connectivity index (χ0v) is 20.4. The molecule has 35 heavy (non-hydrogen) atoms. The Bertz CT molecular complexity index is 1350. The van der Waals surface area contributed by atoms with Crippen LogP contribution >= 0.6 is 0 Å². The van der Waals surface area contributed by atoms with E-state index in [0.29, 0.717) is 25.7 Å². The molecule has 5 rings (SSSR count). The van der Waals surface area contributed by atoms with Gasteiger partial charge in [-0.15, -0.1) is 0 Å². The van der Waals surface area contributed by atoms with Crippen molar-refractivity contribution in [3.63, 3.8) is 0 Å². The maximum atomic E-state index is 13.1. The maximum absolute atomic E-state index is 13.1. The molecule has 2 aliphatic rings. The van der Waals surface area contributed by atoms with E-state index in [9.17, 15) is 17.6 Å². The molecule has 5 nitrogen and oxygen atoms in total. The van der Waals surface area contributed by atoms with Gasteiger partial charge in [-0.3, -0.25) is 4.79 Å². The minimum absolute atomic E-state index is 0.0404. The number of nitrogens with one attached hydrogen (secondary N) is 2. The van der Waals surface area contributed by atoms with E-state index >= 15 is 0 Å². The lowest BCUT2D eigenvalue weighted by molar-refractivity contribution is -0.126. The van der Waals surface area contributed by atoms with E-state index in [1.165, 1.54) is 23.3 Å². The summed E-state index contributed by atoms with van der Waals surface area (Å²) in [5, 5.41) is 3.01. The van der Waals surface area contributed by atoms with Gasteiger partial charge in [0.15, 0.2) is 0 Å². The van der Waals surface area contributed by atoms with Gasteiger partial charge in [-0.2, -0.15) is 0 Å². The van der Waals surface area contributed by atoms with Gasteiger partial charge in [0, 0.05) is 12.0 Å². The van der Waals surface area contributed by atoms with Crippen LogP contribution < -0.4 is 10.0 Å².